The van der Waals surface area contributed by atoms with Crippen LogP contribution in [0, 0.1) is 0 Å². The fraction of sp³-hybridized carbons (Fsp3) is 0.462. The molecule has 0 saturated carbocycles. The Balaban J connectivity index is 1.68. The van der Waals surface area contributed by atoms with Gasteiger partial charge in [0.2, 0.25) is 11.7 Å². The zero-order chi connectivity index (χ0) is 13.1. The highest BCUT2D eigenvalue weighted by Gasteiger charge is 2.19. The van der Waals surface area contributed by atoms with Crippen LogP contribution < -0.4 is 5.73 Å². The molecule has 19 heavy (non-hydrogen) atoms. The Morgan fingerprint density at radius 3 is 3.21 bits per heavy atom. The summed E-state index contributed by atoms with van der Waals surface area (Å²) < 4.78 is 5.29. The summed E-state index contributed by atoms with van der Waals surface area (Å²) in [6.45, 7) is 2.60. The lowest BCUT2D eigenvalue weighted by Gasteiger charge is -2.29. The van der Waals surface area contributed by atoms with Gasteiger partial charge in [-0.2, -0.15) is 4.98 Å². The van der Waals surface area contributed by atoms with Crippen molar-refractivity contribution in [2.75, 3.05) is 13.1 Å². The second-order valence-electron chi connectivity index (χ2n) is 4.89. The van der Waals surface area contributed by atoms with Gasteiger partial charge in [-0.3, -0.25) is 9.88 Å². The molecule has 3 rings (SSSR count). The summed E-state index contributed by atoms with van der Waals surface area (Å²) in [5, 5.41) is 3.99. The minimum absolute atomic E-state index is 0.259. The molecule has 100 valence electrons. The summed E-state index contributed by atoms with van der Waals surface area (Å²) in [5.74, 6) is 1.22. The van der Waals surface area contributed by atoms with Gasteiger partial charge in [0.1, 0.15) is 0 Å². The molecule has 1 atom stereocenters. The van der Waals surface area contributed by atoms with Gasteiger partial charge in [0, 0.05) is 30.5 Å². The predicted octanol–water partition coefficient (Wildman–Crippen LogP) is 1.05. The van der Waals surface area contributed by atoms with Gasteiger partial charge in [-0.1, -0.05) is 5.16 Å². The van der Waals surface area contributed by atoms with Crippen molar-refractivity contribution in [3.63, 3.8) is 0 Å². The molecule has 2 aromatic rings. The van der Waals surface area contributed by atoms with Gasteiger partial charge >= 0.3 is 0 Å². The number of nitrogens with two attached hydrogens (primary N) is 1. The summed E-state index contributed by atoms with van der Waals surface area (Å²) in [6, 6.07) is 4.03. The topological polar surface area (TPSA) is 81.1 Å². The van der Waals surface area contributed by atoms with E-state index in [0.717, 1.165) is 31.5 Å². The quantitative estimate of drug-likeness (QED) is 0.887. The van der Waals surface area contributed by atoms with Crippen molar-refractivity contribution in [3.05, 3.63) is 30.4 Å². The molecule has 1 unspecified atom stereocenters. The van der Waals surface area contributed by atoms with E-state index in [9.17, 15) is 0 Å². The molecule has 1 fully saturated rings. The van der Waals surface area contributed by atoms with E-state index >= 15 is 0 Å². The van der Waals surface area contributed by atoms with Gasteiger partial charge in [-0.25, -0.2) is 0 Å². The molecular formula is C13H17N5O. The highest BCUT2D eigenvalue weighted by molar-refractivity contribution is 5.51. The first-order valence-corrected chi connectivity index (χ1v) is 6.52. The molecule has 1 aliphatic heterocycles. The molecular weight excluding hydrogens is 242 g/mol. The van der Waals surface area contributed by atoms with Gasteiger partial charge in [0.05, 0.1) is 6.54 Å². The summed E-state index contributed by atoms with van der Waals surface area (Å²) in [7, 11) is 0. The maximum absolute atomic E-state index is 5.96. The number of piperidine rings is 1. The van der Waals surface area contributed by atoms with Crippen LogP contribution in [0.1, 0.15) is 18.7 Å². The Morgan fingerprint density at radius 1 is 1.47 bits per heavy atom. The van der Waals surface area contributed by atoms with Crippen LogP contribution in [-0.2, 0) is 6.54 Å². The van der Waals surface area contributed by atoms with Crippen molar-refractivity contribution in [2.45, 2.75) is 25.4 Å². The van der Waals surface area contributed by atoms with Crippen LogP contribution in [0.2, 0.25) is 0 Å². The van der Waals surface area contributed by atoms with E-state index in [-0.39, 0.29) is 6.04 Å². The number of hydrogen-bond donors (Lipinski definition) is 1. The van der Waals surface area contributed by atoms with E-state index in [0.29, 0.717) is 18.3 Å². The van der Waals surface area contributed by atoms with Crippen LogP contribution in [0.25, 0.3) is 11.4 Å². The molecule has 2 N–H and O–H groups in total. The third kappa shape index (κ3) is 2.97. The Bertz CT molecular complexity index is 527. The SMILES string of the molecule is NC1CCCN(Cc2nc(-c3cccnc3)no2)C1. The monoisotopic (exact) mass is 259 g/mol. The molecule has 0 amide bonds. The summed E-state index contributed by atoms with van der Waals surface area (Å²) >= 11 is 0. The molecule has 0 bridgehead atoms. The lowest BCUT2D eigenvalue weighted by Crippen LogP contribution is -2.42. The molecule has 0 aromatic carbocycles. The lowest BCUT2D eigenvalue weighted by atomic mass is 10.1. The van der Waals surface area contributed by atoms with Crippen molar-refractivity contribution in [2.24, 2.45) is 5.73 Å². The van der Waals surface area contributed by atoms with Gasteiger partial charge < -0.3 is 10.3 Å². The molecule has 3 heterocycles. The van der Waals surface area contributed by atoms with Crippen molar-refractivity contribution in [3.8, 4) is 11.4 Å². The first-order valence-electron chi connectivity index (χ1n) is 6.52. The number of pyridine rings is 1. The van der Waals surface area contributed by atoms with Crippen LogP contribution in [0.4, 0.5) is 0 Å². The molecule has 6 heteroatoms. The van der Waals surface area contributed by atoms with E-state index in [1.807, 2.05) is 12.1 Å². The van der Waals surface area contributed by atoms with Crippen molar-refractivity contribution in [1.82, 2.24) is 20.0 Å². The Kier molecular flexibility index (Phi) is 3.52. The Morgan fingerprint density at radius 2 is 2.42 bits per heavy atom. The maximum Gasteiger partial charge on any atom is 0.241 e. The van der Waals surface area contributed by atoms with Crippen molar-refractivity contribution in [1.29, 1.82) is 0 Å². The first-order chi connectivity index (χ1) is 9.31. The van der Waals surface area contributed by atoms with Crippen LogP contribution >= 0.6 is 0 Å². The van der Waals surface area contributed by atoms with Gasteiger partial charge in [0.15, 0.2) is 0 Å². The van der Waals surface area contributed by atoms with Crippen LogP contribution in [0.15, 0.2) is 29.0 Å². The number of hydrogen-bond acceptors (Lipinski definition) is 6. The first kappa shape index (κ1) is 12.3. The van der Waals surface area contributed by atoms with E-state index in [2.05, 4.69) is 20.0 Å². The second-order valence-corrected chi connectivity index (χ2v) is 4.89. The van der Waals surface area contributed by atoms with E-state index in [1.165, 1.54) is 0 Å². The van der Waals surface area contributed by atoms with Gasteiger partial charge in [0.25, 0.3) is 0 Å². The maximum atomic E-state index is 5.96. The molecule has 0 aliphatic carbocycles. The molecule has 6 nitrogen and oxygen atoms in total. The van der Waals surface area contributed by atoms with E-state index < -0.39 is 0 Å². The number of aromatic nitrogens is 3. The third-order valence-corrected chi connectivity index (χ3v) is 3.29. The number of likely N-dealkylation sites (tertiary alicyclic amines) is 1. The highest BCUT2D eigenvalue weighted by atomic mass is 16.5. The zero-order valence-corrected chi connectivity index (χ0v) is 10.7. The average molecular weight is 259 g/mol. The summed E-state index contributed by atoms with van der Waals surface area (Å²) in [6.07, 6.45) is 5.68. The van der Waals surface area contributed by atoms with Crippen LogP contribution in [0.3, 0.4) is 0 Å². The average Bonchev–Trinajstić information content (AvgIpc) is 2.88. The van der Waals surface area contributed by atoms with Crippen LogP contribution in [-0.4, -0.2) is 39.2 Å². The van der Waals surface area contributed by atoms with Gasteiger partial charge in [-0.05, 0) is 31.5 Å². The number of rotatable bonds is 3. The van der Waals surface area contributed by atoms with Crippen molar-refractivity contribution < 1.29 is 4.52 Å². The zero-order valence-electron chi connectivity index (χ0n) is 10.7. The van der Waals surface area contributed by atoms with Crippen LogP contribution in [0.5, 0.6) is 0 Å². The molecule has 1 aliphatic rings. The summed E-state index contributed by atoms with van der Waals surface area (Å²) in [5.41, 5.74) is 6.83. The smallest absolute Gasteiger partial charge is 0.241 e. The minimum atomic E-state index is 0.259. The van der Waals surface area contributed by atoms with E-state index in [1.54, 1.807) is 12.4 Å². The third-order valence-electron chi connectivity index (χ3n) is 3.29. The lowest BCUT2D eigenvalue weighted by molar-refractivity contribution is 0.178. The molecule has 0 radical (unpaired) electrons. The van der Waals surface area contributed by atoms with Crippen molar-refractivity contribution >= 4 is 0 Å². The fourth-order valence-electron chi connectivity index (χ4n) is 2.36. The Hall–Kier alpha value is -1.79. The van der Waals surface area contributed by atoms with E-state index in [4.69, 9.17) is 10.3 Å². The largest absolute Gasteiger partial charge is 0.338 e. The molecule has 0 spiro atoms. The normalized spacial score (nSPS) is 20.6. The fourth-order valence-corrected chi connectivity index (χ4v) is 2.36. The second kappa shape index (κ2) is 5.46. The Labute approximate surface area is 111 Å². The minimum Gasteiger partial charge on any atom is -0.338 e. The molecule has 2 aromatic heterocycles. The summed E-state index contributed by atoms with van der Waals surface area (Å²) in [4.78, 5) is 10.7. The highest BCUT2D eigenvalue weighted by Crippen LogP contribution is 2.16. The number of nitrogens with zero attached hydrogens (tertiary/aromatic N) is 4. The molecule has 1 saturated heterocycles. The standard InChI is InChI=1S/C13H17N5O/c14-11-4-2-6-18(8-11)9-12-16-13(17-19-12)10-3-1-5-15-7-10/h1,3,5,7,11H,2,4,6,8-9,14H2. The van der Waals surface area contributed by atoms with Gasteiger partial charge in [-0.15, -0.1) is 0 Å². The predicted molar refractivity (Wildman–Crippen MR) is 70.0 cm³/mol.